The highest BCUT2D eigenvalue weighted by molar-refractivity contribution is 7.54. The van der Waals surface area contributed by atoms with Crippen LogP contribution in [0.15, 0.2) is 0 Å². The van der Waals surface area contributed by atoms with Crippen molar-refractivity contribution in [2.45, 2.75) is 64.0 Å². The van der Waals surface area contributed by atoms with Crippen LogP contribution in [0.2, 0.25) is 0 Å². The van der Waals surface area contributed by atoms with E-state index in [9.17, 15) is 22.5 Å². The van der Waals surface area contributed by atoms with Crippen molar-refractivity contribution >= 4 is 13.6 Å². The number of amides is 2. The van der Waals surface area contributed by atoms with Crippen LogP contribution in [0.25, 0.3) is 0 Å². The number of urea groups is 1. The summed E-state index contributed by atoms with van der Waals surface area (Å²) in [6, 6.07) is -1.19. The van der Waals surface area contributed by atoms with E-state index in [0.29, 0.717) is 0 Å². The second kappa shape index (κ2) is 8.89. The highest BCUT2D eigenvalue weighted by Gasteiger charge is 2.55. The van der Waals surface area contributed by atoms with Crippen LogP contribution in [0.5, 0.6) is 0 Å². The summed E-state index contributed by atoms with van der Waals surface area (Å²) >= 11 is 0. The van der Waals surface area contributed by atoms with Crippen molar-refractivity contribution < 1.29 is 31.6 Å². The summed E-state index contributed by atoms with van der Waals surface area (Å²) in [5.41, 5.74) is 0. The van der Waals surface area contributed by atoms with Crippen LogP contribution in [0.3, 0.4) is 0 Å². The van der Waals surface area contributed by atoms with Gasteiger partial charge in [0.1, 0.15) is 0 Å². The van der Waals surface area contributed by atoms with Crippen LogP contribution < -0.4 is 10.6 Å². The molecule has 1 saturated carbocycles. The van der Waals surface area contributed by atoms with Gasteiger partial charge in [-0.3, -0.25) is 4.57 Å². The molecule has 1 atom stereocenters. The van der Waals surface area contributed by atoms with Gasteiger partial charge < -0.3 is 19.7 Å². The summed E-state index contributed by atoms with van der Waals surface area (Å²) in [5, 5.41) is 4.22. The number of hydrogen-bond acceptors (Lipinski definition) is 4. The average Bonchev–Trinajstić information content (AvgIpc) is 2.45. The van der Waals surface area contributed by atoms with Crippen molar-refractivity contribution in [3.63, 3.8) is 0 Å². The van der Waals surface area contributed by atoms with Gasteiger partial charge in [-0.05, 0) is 26.7 Å². The van der Waals surface area contributed by atoms with Crippen molar-refractivity contribution in [3.05, 3.63) is 0 Å². The van der Waals surface area contributed by atoms with E-state index in [0.717, 1.165) is 32.1 Å². The number of alkyl halides is 3. The van der Waals surface area contributed by atoms with E-state index in [-0.39, 0.29) is 19.3 Å². The van der Waals surface area contributed by atoms with Gasteiger partial charge in [-0.25, -0.2) is 4.79 Å². The number of carbonyl (C=O) groups excluding carboxylic acids is 1. The zero-order valence-corrected chi connectivity index (χ0v) is 14.2. The largest absolute Gasteiger partial charge is 0.420 e. The zero-order chi connectivity index (χ0) is 17.5. The Bertz CT molecular complexity index is 418. The first-order valence-corrected chi connectivity index (χ1v) is 9.36. The van der Waals surface area contributed by atoms with E-state index in [1.165, 1.54) is 13.8 Å². The Balaban J connectivity index is 2.80. The van der Waals surface area contributed by atoms with Crippen LogP contribution >= 0.6 is 7.60 Å². The van der Waals surface area contributed by atoms with Crippen LogP contribution in [0.1, 0.15) is 46.0 Å². The molecule has 0 aliphatic heterocycles. The molecule has 23 heavy (non-hydrogen) atoms. The maximum atomic E-state index is 13.2. The van der Waals surface area contributed by atoms with Gasteiger partial charge in [-0.1, -0.05) is 19.3 Å². The van der Waals surface area contributed by atoms with Crippen molar-refractivity contribution in [2.75, 3.05) is 13.2 Å². The van der Waals surface area contributed by atoms with Crippen molar-refractivity contribution in [3.8, 4) is 0 Å². The van der Waals surface area contributed by atoms with E-state index in [4.69, 9.17) is 9.05 Å². The lowest BCUT2D eigenvalue weighted by molar-refractivity contribution is -0.139. The van der Waals surface area contributed by atoms with Crippen LogP contribution in [-0.2, 0) is 13.6 Å². The minimum Gasteiger partial charge on any atom is -0.335 e. The molecule has 0 aromatic rings. The molecule has 0 bridgehead atoms. The maximum Gasteiger partial charge on any atom is 0.420 e. The molecule has 0 heterocycles. The molecule has 0 radical (unpaired) electrons. The number of carbonyl (C=O) groups is 1. The predicted molar refractivity (Wildman–Crippen MR) is 79.2 cm³/mol. The molecule has 0 saturated heterocycles. The zero-order valence-electron chi connectivity index (χ0n) is 13.3. The number of hydrogen-bond donors (Lipinski definition) is 2. The topological polar surface area (TPSA) is 76.7 Å². The van der Waals surface area contributed by atoms with E-state index in [2.05, 4.69) is 5.32 Å². The fourth-order valence-corrected chi connectivity index (χ4v) is 4.21. The van der Waals surface area contributed by atoms with Gasteiger partial charge in [0.2, 0.25) is 5.78 Å². The highest BCUT2D eigenvalue weighted by atomic mass is 31.2. The Morgan fingerprint density at radius 1 is 1.17 bits per heavy atom. The van der Waals surface area contributed by atoms with Crippen molar-refractivity contribution in [1.82, 2.24) is 10.6 Å². The molecular weight excluding hydrogens is 336 g/mol. The lowest BCUT2D eigenvalue weighted by Crippen LogP contribution is -2.52. The Labute approximate surface area is 134 Å². The van der Waals surface area contributed by atoms with E-state index >= 15 is 0 Å². The minimum absolute atomic E-state index is 0.170. The number of rotatable bonds is 7. The summed E-state index contributed by atoms with van der Waals surface area (Å²) in [6.07, 6.45) is -0.621. The summed E-state index contributed by atoms with van der Waals surface area (Å²) in [5.74, 6) is -2.70. The molecule has 1 aliphatic carbocycles. The summed E-state index contributed by atoms with van der Waals surface area (Å²) in [6.45, 7) is 2.36. The first-order chi connectivity index (χ1) is 10.7. The standard InChI is InChI=1S/C13H24F3N2O4P/c1-3-21-23(20,22-4-2)11(13(14,15)16)18-12(19)17-10-8-6-5-7-9-10/h10-11H,3-9H2,1-2H3,(H2,17,18,19)/t11-/m1/s1. The second-order valence-electron chi connectivity index (χ2n) is 5.27. The van der Waals surface area contributed by atoms with Gasteiger partial charge in [-0.2, -0.15) is 13.2 Å². The average molecular weight is 360 g/mol. The minimum atomic E-state index is -4.95. The molecule has 0 unspecified atom stereocenters. The highest BCUT2D eigenvalue weighted by Crippen LogP contribution is 2.56. The van der Waals surface area contributed by atoms with Gasteiger partial charge in [0.15, 0.2) is 0 Å². The quantitative estimate of drug-likeness (QED) is 0.678. The van der Waals surface area contributed by atoms with Gasteiger partial charge in [0.25, 0.3) is 0 Å². The molecule has 1 aliphatic rings. The van der Waals surface area contributed by atoms with Gasteiger partial charge >= 0.3 is 19.8 Å². The SMILES string of the molecule is CCOP(=O)(OCC)[C@@H](NC(=O)NC1CCCCC1)C(F)(F)F. The molecule has 1 fully saturated rings. The molecule has 0 spiro atoms. The normalized spacial score (nSPS) is 18.5. The molecule has 6 nitrogen and oxygen atoms in total. The lowest BCUT2D eigenvalue weighted by Gasteiger charge is -2.30. The maximum absolute atomic E-state index is 13.2. The fraction of sp³-hybridized carbons (Fsp3) is 0.923. The molecule has 2 amide bonds. The fourth-order valence-electron chi connectivity index (χ4n) is 2.48. The summed E-state index contributed by atoms with van der Waals surface area (Å²) < 4.78 is 61.5. The van der Waals surface area contributed by atoms with Crippen LogP contribution in [0.4, 0.5) is 18.0 Å². The lowest BCUT2D eigenvalue weighted by atomic mass is 9.96. The Morgan fingerprint density at radius 2 is 1.70 bits per heavy atom. The Morgan fingerprint density at radius 3 is 2.13 bits per heavy atom. The molecule has 0 aromatic heterocycles. The predicted octanol–water partition coefficient (Wildman–Crippen LogP) is 3.77. The molecule has 10 heteroatoms. The Kier molecular flexibility index (Phi) is 7.83. The summed E-state index contributed by atoms with van der Waals surface area (Å²) in [7, 11) is -4.56. The molecule has 0 aromatic carbocycles. The smallest absolute Gasteiger partial charge is 0.335 e. The van der Waals surface area contributed by atoms with E-state index < -0.39 is 25.6 Å². The van der Waals surface area contributed by atoms with Gasteiger partial charge in [0.05, 0.1) is 13.2 Å². The van der Waals surface area contributed by atoms with E-state index in [1.807, 2.05) is 0 Å². The van der Waals surface area contributed by atoms with Crippen molar-refractivity contribution in [1.29, 1.82) is 0 Å². The summed E-state index contributed by atoms with van der Waals surface area (Å²) in [4.78, 5) is 11.9. The second-order valence-corrected chi connectivity index (χ2v) is 7.38. The van der Waals surface area contributed by atoms with Crippen molar-refractivity contribution in [2.24, 2.45) is 0 Å². The third-order valence-corrected chi connectivity index (χ3v) is 5.74. The molecule has 1 rings (SSSR count). The number of halogens is 3. The third kappa shape index (κ3) is 6.31. The van der Waals surface area contributed by atoms with Crippen LogP contribution in [0, 0.1) is 0 Å². The van der Waals surface area contributed by atoms with Gasteiger partial charge in [-0.15, -0.1) is 0 Å². The molecular formula is C13H24F3N2O4P. The number of nitrogens with one attached hydrogen (secondary N) is 2. The first kappa shape index (κ1) is 20.3. The van der Waals surface area contributed by atoms with E-state index in [1.54, 1.807) is 5.32 Å². The first-order valence-electron chi connectivity index (χ1n) is 7.75. The Hall–Kier alpha value is -0.790. The van der Waals surface area contributed by atoms with Crippen LogP contribution in [-0.4, -0.2) is 37.2 Å². The molecule has 2 N–H and O–H groups in total. The molecule has 136 valence electrons. The monoisotopic (exact) mass is 360 g/mol. The van der Waals surface area contributed by atoms with Gasteiger partial charge in [0, 0.05) is 6.04 Å². The third-order valence-electron chi connectivity index (χ3n) is 3.45.